The van der Waals surface area contributed by atoms with Crippen molar-refractivity contribution in [3.05, 3.63) is 59.8 Å². The van der Waals surface area contributed by atoms with E-state index in [1.54, 1.807) is 16.9 Å². The number of hydrogen-bond acceptors (Lipinski definition) is 5. The van der Waals surface area contributed by atoms with Crippen molar-refractivity contribution in [2.24, 2.45) is 0 Å². The maximum absolute atomic E-state index is 12.8. The van der Waals surface area contributed by atoms with E-state index >= 15 is 0 Å². The van der Waals surface area contributed by atoms with Crippen molar-refractivity contribution in [2.75, 3.05) is 12.4 Å². The molecule has 0 saturated heterocycles. The molecule has 7 nitrogen and oxygen atoms in total. The third-order valence-corrected chi connectivity index (χ3v) is 6.45. The molecule has 1 aliphatic carbocycles. The summed E-state index contributed by atoms with van der Waals surface area (Å²) in [6, 6.07) is 9.74. The van der Waals surface area contributed by atoms with Crippen LogP contribution in [0.15, 0.2) is 53.6 Å². The molecule has 3 aromatic rings. The Morgan fingerprint density at radius 3 is 2.45 bits per heavy atom. The van der Waals surface area contributed by atoms with E-state index in [0.717, 1.165) is 25.0 Å². The smallest absolute Gasteiger partial charge is 0.380 e. The minimum absolute atomic E-state index is 0.0750. The summed E-state index contributed by atoms with van der Waals surface area (Å²) >= 11 is 0. The number of benzene rings is 2. The first-order valence-corrected chi connectivity index (χ1v) is 11.1. The largest absolute Gasteiger partial charge is 0.416 e. The molecule has 0 amide bonds. The first-order valence-electron chi connectivity index (χ1n) is 9.57. The fourth-order valence-corrected chi connectivity index (χ4v) is 3.86. The number of aromatic nitrogens is 3. The molecular formula is C20H20F3N5O2S. The Morgan fingerprint density at radius 2 is 1.84 bits per heavy atom. The highest BCUT2D eigenvalue weighted by molar-refractivity contribution is 7.89. The minimum atomic E-state index is -4.39. The first-order chi connectivity index (χ1) is 14.7. The number of hydrogen-bond donors (Lipinski definition) is 2. The molecular weight excluding hydrogens is 431 g/mol. The molecule has 4 rings (SSSR count). The predicted molar refractivity (Wildman–Crippen MR) is 109 cm³/mol. The second-order valence-electron chi connectivity index (χ2n) is 7.28. The summed E-state index contributed by atoms with van der Waals surface area (Å²) in [5, 5.41) is 11.5. The van der Waals surface area contributed by atoms with Gasteiger partial charge in [0.25, 0.3) is 0 Å². The van der Waals surface area contributed by atoms with Gasteiger partial charge in [0.2, 0.25) is 10.0 Å². The topological polar surface area (TPSA) is 88.9 Å². The van der Waals surface area contributed by atoms with Crippen LogP contribution < -0.4 is 10.0 Å². The SMILES string of the molecule is CNS(=O)(=O)c1ccc(NCc2ccc(C(F)(F)F)cc2)c(-c2cn(C3CC3)nn2)c1. The van der Waals surface area contributed by atoms with Gasteiger partial charge in [0, 0.05) is 17.8 Å². The normalized spacial score (nSPS) is 14.6. The van der Waals surface area contributed by atoms with Gasteiger partial charge in [-0.15, -0.1) is 5.10 Å². The van der Waals surface area contributed by atoms with E-state index in [-0.39, 0.29) is 11.4 Å². The maximum Gasteiger partial charge on any atom is 0.416 e. The van der Waals surface area contributed by atoms with E-state index in [1.165, 1.54) is 31.3 Å². The van der Waals surface area contributed by atoms with Crippen LogP contribution in [0.1, 0.15) is 30.0 Å². The molecule has 1 saturated carbocycles. The zero-order valence-electron chi connectivity index (χ0n) is 16.5. The quantitative estimate of drug-likeness (QED) is 0.570. The van der Waals surface area contributed by atoms with Gasteiger partial charge in [-0.3, -0.25) is 0 Å². The Balaban J connectivity index is 1.62. The molecule has 0 radical (unpaired) electrons. The fraction of sp³-hybridized carbons (Fsp3) is 0.300. The molecule has 0 atom stereocenters. The molecule has 11 heteroatoms. The van der Waals surface area contributed by atoms with Crippen molar-refractivity contribution in [1.82, 2.24) is 19.7 Å². The average Bonchev–Trinajstić information content (AvgIpc) is 3.48. The average molecular weight is 451 g/mol. The van der Waals surface area contributed by atoms with Gasteiger partial charge in [-0.25, -0.2) is 17.8 Å². The van der Waals surface area contributed by atoms with Crippen LogP contribution >= 0.6 is 0 Å². The lowest BCUT2D eigenvalue weighted by molar-refractivity contribution is -0.137. The van der Waals surface area contributed by atoms with E-state index in [4.69, 9.17) is 0 Å². The summed E-state index contributed by atoms with van der Waals surface area (Å²) in [6.45, 7) is 0.250. The highest BCUT2D eigenvalue weighted by Crippen LogP contribution is 2.36. The molecule has 0 spiro atoms. The van der Waals surface area contributed by atoms with Crippen LogP contribution in [-0.4, -0.2) is 30.5 Å². The van der Waals surface area contributed by atoms with Crippen LogP contribution in [0.4, 0.5) is 18.9 Å². The summed E-state index contributed by atoms with van der Waals surface area (Å²) in [5.74, 6) is 0. The van der Waals surface area contributed by atoms with Crippen molar-refractivity contribution < 1.29 is 21.6 Å². The second-order valence-corrected chi connectivity index (χ2v) is 9.16. The van der Waals surface area contributed by atoms with E-state index in [2.05, 4.69) is 20.4 Å². The molecule has 164 valence electrons. The molecule has 0 aliphatic heterocycles. The third kappa shape index (κ3) is 4.72. The molecule has 2 aromatic carbocycles. The van der Waals surface area contributed by atoms with Crippen molar-refractivity contribution >= 4 is 15.7 Å². The van der Waals surface area contributed by atoms with Crippen LogP contribution in [0.2, 0.25) is 0 Å². The summed E-state index contributed by atoms with van der Waals surface area (Å²) in [4.78, 5) is 0.0750. The van der Waals surface area contributed by atoms with Crippen LogP contribution in [0, 0.1) is 0 Å². The van der Waals surface area contributed by atoms with Crippen molar-refractivity contribution in [3.63, 3.8) is 0 Å². The molecule has 1 aromatic heterocycles. The first kappa shape index (κ1) is 21.3. The third-order valence-electron chi connectivity index (χ3n) is 5.04. The summed E-state index contributed by atoms with van der Waals surface area (Å²) < 4.78 is 66.8. The van der Waals surface area contributed by atoms with E-state index in [1.807, 2.05) is 0 Å². The Bertz CT molecular complexity index is 1190. The molecule has 2 N–H and O–H groups in total. The lowest BCUT2D eigenvalue weighted by Gasteiger charge is -2.13. The maximum atomic E-state index is 12.8. The summed E-state index contributed by atoms with van der Waals surface area (Å²) in [7, 11) is -2.34. The second kappa shape index (κ2) is 7.97. The van der Waals surface area contributed by atoms with Gasteiger partial charge in [0.15, 0.2) is 0 Å². The van der Waals surface area contributed by atoms with Crippen LogP contribution in [0.3, 0.4) is 0 Å². The van der Waals surface area contributed by atoms with Gasteiger partial charge in [0.1, 0.15) is 5.69 Å². The number of rotatable bonds is 7. The lowest BCUT2D eigenvalue weighted by Crippen LogP contribution is -2.18. The summed E-state index contributed by atoms with van der Waals surface area (Å²) in [6.07, 6.45) is -0.570. The van der Waals surface area contributed by atoms with Gasteiger partial charge in [-0.1, -0.05) is 17.3 Å². The van der Waals surface area contributed by atoms with Gasteiger partial charge in [-0.2, -0.15) is 13.2 Å². The zero-order valence-corrected chi connectivity index (χ0v) is 17.3. The van der Waals surface area contributed by atoms with Gasteiger partial charge in [-0.05, 0) is 55.8 Å². The fourth-order valence-electron chi connectivity index (χ4n) is 3.10. The Morgan fingerprint density at radius 1 is 1.13 bits per heavy atom. The highest BCUT2D eigenvalue weighted by Gasteiger charge is 2.30. The number of nitrogens with one attached hydrogen (secondary N) is 2. The summed E-state index contributed by atoms with van der Waals surface area (Å²) in [5.41, 5.74) is 1.57. The standard InChI is InChI=1S/C20H20F3N5O2S/c1-24-31(29,30)16-8-9-18(17(10-16)19-12-28(27-26-19)15-6-7-15)25-11-13-2-4-14(5-3-13)20(21,22)23/h2-5,8-10,12,15,24-25H,6-7,11H2,1H3. The molecule has 0 bridgehead atoms. The Kier molecular flexibility index (Phi) is 5.48. The Labute approximate surface area is 177 Å². The van der Waals surface area contributed by atoms with Crippen LogP contribution in [0.25, 0.3) is 11.3 Å². The number of alkyl halides is 3. The molecule has 0 unspecified atom stereocenters. The van der Waals surface area contributed by atoms with Gasteiger partial charge < -0.3 is 5.32 Å². The molecule has 1 fully saturated rings. The van der Waals surface area contributed by atoms with Gasteiger partial charge in [0.05, 0.1) is 22.7 Å². The van der Waals surface area contributed by atoms with Gasteiger partial charge >= 0.3 is 6.18 Å². The van der Waals surface area contributed by atoms with Crippen LogP contribution in [0.5, 0.6) is 0 Å². The zero-order chi connectivity index (χ0) is 22.2. The monoisotopic (exact) mass is 451 g/mol. The number of sulfonamides is 1. The van der Waals surface area contributed by atoms with E-state index < -0.39 is 21.8 Å². The Hall–Kier alpha value is -2.92. The van der Waals surface area contributed by atoms with Crippen LogP contribution in [-0.2, 0) is 22.7 Å². The van der Waals surface area contributed by atoms with Crippen molar-refractivity contribution in [3.8, 4) is 11.3 Å². The number of nitrogens with zero attached hydrogens (tertiary/aromatic N) is 3. The molecule has 31 heavy (non-hydrogen) atoms. The van der Waals surface area contributed by atoms with Crippen molar-refractivity contribution in [2.45, 2.75) is 36.5 Å². The number of halogens is 3. The molecule has 1 aliphatic rings. The van der Waals surface area contributed by atoms with E-state index in [0.29, 0.717) is 28.6 Å². The molecule has 1 heterocycles. The minimum Gasteiger partial charge on any atom is -0.380 e. The van der Waals surface area contributed by atoms with Crippen molar-refractivity contribution in [1.29, 1.82) is 0 Å². The highest BCUT2D eigenvalue weighted by atomic mass is 32.2. The predicted octanol–water partition coefficient (Wildman–Crippen LogP) is 3.82. The lowest BCUT2D eigenvalue weighted by atomic mass is 10.1. The van der Waals surface area contributed by atoms with E-state index in [9.17, 15) is 21.6 Å². The number of anilines is 1.